The van der Waals surface area contributed by atoms with E-state index in [9.17, 15) is 4.79 Å². The first kappa shape index (κ1) is 13.1. The predicted octanol–water partition coefficient (Wildman–Crippen LogP) is 3.77. The van der Waals surface area contributed by atoms with Crippen molar-refractivity contribution in [2.45, 2.75) is 13.8 Å². The molecule has 1 N–H and O–H groups in total. The zero-order valence-electron chi connectivity index (χ0n) is 11.3. The Balaban J connectivity index is 2.36. The van der Waals surface area contributed by atoms with E-state index in [-0.39, 0.29) is 0 Å². The fourth-order valence-corrected chi connectivity index (χ4v) is 2.07. The van der Waals surface area contributed by atoms with Gasteiger partial charge in [0.2, 0.25) is 0 Å². The summed E-state index contributed by atoms with van der Waals surface area (Å²) in [6, 6.07) is 13.4. The minimum Gasteiger partial charge on any atom is -0.478 e. The highest BCUT2D eigenvalue weighted by atomic mass is 16.4. The number of rotatable bonds is 3. The Morgan fingerprint density at radius 3 is 2.21 bits per heavy atom. The van der Waals surface area contributed by atoms with Gasteiger partial charge in [0, 0.05) is 18.4 Å². The molecule has 2 aromatic carbocycles. The molecule has 0 spiro atoms. The van der Waals surface area contributed by atoms with Gasteiger partial charge in [-0.25, -0.2) is 4.79 Å². The first-order chi connectivity index (χ1) is 8.99. The molecule has 0 radical (unpaired) electrons. The van der Waals surface area contributed by atoms with Crippen LogP contribution in [0.25, 0.3) is 0 Å². The second-order valence-corrected chi connectivity index (χ2v) is 4.70. The molecule has 2 aromatic rings. The van der Waals surface area contributed by atoms with Crippen LogP contribution in [0.1, 0.15) is 21.5 Å². The van der Waals surface area contributed by atoms with Crippen molar-refractivity contribution in [3.05, 3.63) is 59.2 Å². The van der Waals surface area contributed by atoms with Crippen molar-refractivity contribution in [3.63, 3.8) is 0 Å². The van der Waals surface area contributed by atoms with Crippen molar-refractivity contribution in [1.29, 1.82) is 0 Å². The summed E-state index contributed by atoms with van der Waals surface area (Å²) in [6.45, 7) is 3.98. The first-order valence-electron chi connectivity index (χ1n) is 6.13. The molecule has 0 aromatic heterocycles. The summed E-state index contributed by atoms with van der Waals surface area (Å²) in [7, 11) is 1.98. The topological polar surface area (TPSA) is 40.5 Å². The van der Waals surface area contributed by atoms with Gasteiger partial charge in [0.05, 0.1) is 5.56 Å². The van der Waals surface area contributed by atoms with Crippen LogP contribution in [0.2, 0.25) is 0 Å². The maximum absolute atomic E-state index is 10.9. The molecule has 0 saturated carbocycles. The van der Waals surface area contributed by atoms with E-state index < -0.39 is 5.97 Å². The smallest absolute Gasteiger partial charge is 0.335 e. The maximum atomic E-state index is 10.9. The number of aromatic carboxylic acids is 1. The fourth-order valence-electron chi connectivity index (χ4n) is 2.07. The van der Waals surface area contributed by atoms with E-state index in [2.05, 4.69) is 36.1 Å². The van der Waals surface area contributed by atoms with Gasteiger partial charge in [0.1, 0.15) is 0 Å². The molecule has 0 atom stereocenters. The summed E-state index contributed by atoms with van der Waals surface area (Å²) in [5.41, 5.74) is 4.57. The molecule has 3 nitrogen and oxygen atoms in total. The third-order valence-corrected chi connectivity index (χ3v) is 3.23. The summed E-state index contributed by atoms with van der Waals surface area (Å²) >= 11 is 0. The zero-order chi connectivity index (χ0) is 14.0. The molecule has 0 amide bonds. The Morgan fingerprint density at radius 2 is 1.68 bits per heavy atom. The predicted molar refractivity (Wildman–Crippen MR) is 77.4 cm³/mol. The average molecular weight is 255 g/mol. The van der Waals surface area contributed by atoms with Crippen LogP contribution in [0.4, 0.5) is 11.4 Å². The molecular weight excluding hydrogens is 238 g/mol. The number of carboxylic acids is 1. The van der Waals surface area contributed by atoms with Crippen LogP contribution in [-0.4, -0.2) is 18.1 Å². The van der Waals surface area contributed by atoms with Crippen molar-refractivity contribution in [2.75, 3.05) is 11.9 Å². The van der Waals surface area contributed by atoms with Crippen LogP contribution in [0.3, 0.4) is 0 Å². The first-order valence-corrected chi connectivity index (χ1v) is 6.13. The summed E-state index contributed by atoms with van der Waals surface area (Å²) in [5, 5.41) is 8.97. The van der Waals surface area contributed by atoms with E-state index in [0.717, 1.165) is 16.9 Å². The number of hydrogen-bond donors (Lipinski definition) is 1. The Morgan fingerprint density at radius 1 is 1.05 bits per heavy atom. The molecule has 98 valence electrons. The minimum atomic E-state index is -0.896. The van der Waals surface area contributed by atoms with Crippen molar-refractivity contribution < 1.29 is 9.90 Å². The number of nitrogens with zero attached hydrogens (tertiary/aromatic N) is 1. The van der Waals surface area contributed by atoms with Gasteiger partial charge in [0.25, 0.3) is 0 Å². The van der Waals surface area contributed by atoms with Crippen LogP contribution >= 0.6 is 0 Å². The molecule has 0 aliphatic heterocycles. The monoisotopic (exact) mass is 255 g/mol. The molecule has 2 rings (SSSR count). The molecule has 0 unspecified atom stereocenters. The number of carboxylic acid groups (broad SMARTS) is 1. The minimum absolute atomic E-state index is 0.318. The molecule has 3 heteroatoms. The van der Waals surface area contributed by atoms with Crippen LogP contribution in [-0.2, 0) is 0 Å². The van der Waals surface area contributed by atoms with Crippen LogP contribution in [0.5, 0.6) is 0 Å². The standard InChI is InChI=1S/C16H17NO2/c1-11-4-7-14(8-5-11)17(3)15-9-6-13(16(18)19)10-12(15)2/h4-10H,1-3H3,(H,18,19). The quantitative estimate of drug-likeness (QED) is 0.907. The fraction of sp³-hybridized carbons (Fsp3) is 0.188. The normalized spacial score (nSPS) is 10.3. The van der Waals surface area contributed by atoms with E-state index in [1.54, 1.807) is 12.1 Å². The molecule has 0 fully saturated rings. The Labute approximate surface area is 113 Å². The second-order valence-electron chi connectivity index (χ2n) is 4.70. The van der Waals surface area contributed by atoms with Gasteiger partial charge < -0.3 is 10.0 Å². The van der Waals surface area contributed by atoms with E-state index in [0.29, 0.717) is 5.56 Å². The molecular formula is C16H17NO2. The Bertz CT molecular complexity index is 603. The van der Waals surface area contributed by atoms with Crippen LogP contribution in [0.15, 0.2) is 42.5 Å². The second kappa shape index (κ2) is 5.14. The van der Waals surface area contributed by atoms with Gasteiger partial charge in [-0.2, -0.15) is 0 Å². The largest absolute Gasteiger partial charge is 0.478 e. The molecule has 19 heavy (non-hydrogen) atoms. The van der Waals surface area contributed by atoms with Crippen molar-refractivity contribution in [1.82, 2.24) is 0 Å². The molecule has 0 bridgehead atoms. The summed E-state index contributed by atoms with van der Waals surface area (Å²) in [6.07, 6.45) is 0. The number of hydrogen-bond acceptors (Lipinski definition) is 2. The van der Waals surface area contributed by atoms with E-state index in [4.69, 9.17) is 5.11 Å². The average Bonchev–Trinajstić information content (AvgIpc) is 2.38. The van der Waals surface area contributed by atoms with Gasteiger partial charge in [0.15, 0.2) is 0 Å². The van der Waals surface area contributed by atoms with E-state index in [1.807, 2.05) is 20.0 Å². The summed E-state index contributed by atoms with van der Waals surface area (Å²) in [4.78, 5) is 13.0. The maximum Gasteiger partial charge on any atom is 0.335 e. The highest BCUT2D eigenvalue weighted by Gasteiger charge is 2.10. The summed E-state index contributed by atoms with van der Waals surface area (Å²) in [5.74, 6) is -0.896. The van der Waals surface area contributed by atoms with Crippen molar-refractivity contribution >= 4 is 17.3 Å². The SMILES string of the molecule is Cc1ccc(N(C)c2ccc(C(=O)O)cc2C)cc1. The van der Waals surface area contributed by atoms with Gasteiger partial charge in [-0.05, 0) is 49.7 Å². The van der Waals surface area contributed by atoms with Gasteiger partial charge in [-0.3, -0.25) is 0 Å². The van der Waals surface area contributed by atoms with E-state index in [1.165, 1.54) is 5.56 Å². The lowest BCUT2D eigenvalue weighted by atomic mass is 10.1. The van der Waals surface area contributed by atoms with Crippen molar-refractivity contribution in [3.8, 4) is 0 Å². The molecule has 0 aliphatic rings. The lowest BCUT2D eigenvalue weighted by Crippen LogP contribution is -2.11. The highest BCUT2D eigenvalue weighted by molar-refractivity contribution is 5.88. The number of carbonyl (C=O) groups is 1. The molecule has 0 heterocycles. The third-order valence-electron chi connectivity index (χ3n) is 3.23. The third kappa shape index (κ3) is 2.76. The molecule has 0 aliphatic carbocycles. The van der Waals surface area contributed by atoms with Crippen LogP contribution < -0.4 is 4.90 Å². The molecule has 0 saturated heterocycles. The number of anilines is 2. The number of benzene rings is 2. The van der Waals surface area contributed by atoms with Crippen LogP contribution in [0, 0.1) is 13.8 Å². The van der Waals surface area contributed by atoms with Gasteiger partial charge in [-0.15, -0.1) is 0 Å². The Kier molecular flexibility index (Phi) is 3.56. The van der Waals surface area contributed by atoms with Gasteiger partial charge in [-0.1, -0.05) is 17.7 Å². The highest BCUT2D eigenvalue weighted by Crippen LogP contribution is 2.27. The zero-order valence-corrected chi connectivity index (χ0v) is 11.3. The lowest BCUT2D eigenvalue weighted by Gasteiger charge is -2.22. The number of aryl methyl sites for hydroxylation is 2. The van der Waals surface area contributed by atoms with E-state index >= 15 is 0 Å². The Hall–Kier alpha value is -2.29. The van der Waals surface area contributed by atoms with Crippen molar-refractivity contribution in [2.24, 2.45) is 0 Å². The van der Waals surface area contributed by atoms with Gasteiger partial charge >= 0.3 is 5.97 Å². The summed E-state index contributed by atoms with van der Waals surface area (Å²) < 4.78 is 0. The lowest BCUT2D eigenvalue weighted by molar-refractivity contribution is 0.0697.